The van der Waals surface area contributed by atoms with Crippen LogP contribution in [-0.4, -0.2) is 55.8 Å². The van der Waals surface area contributed by atoms with Gasteiger partial charge in [-0.1, -0.05) is 0 Å². The number of piperidine rings is 1. The molecule has 2 heterocycles. The van der Waals surface area contributed by atoms with Crippen LogP contribution in [0.25, 0.3) is 0 Å². The zero-order chi connectivity index (χ0) is 19.7. The van der Waals surface area contributed by atoms with Gasteiger partial charge in [-0.3, -0.25) is 4.79 Å². The van der Waals surface area contributed by atoms with Crippen LogP contribution < -0.4 is 5.32 Å². The number of likely N-dealkylation sites (tertiary alicyclic amines) is 1. The number of sulfonamides is 1. The van der Waals surface area contributed by atoms with Gasteiger partial charge in [-0.05, 0) is 82.2 Å². The van der Waals surface area contributed by atoms with Crippen LogP contribution in [0, 0.1) is 0 Å². The summed E-state index contributed by atoms with van der Waals surface area (Å²) in [4.78, 5) is 14.6. The lowest BCUT2D eigenvalue weighted by Crippen LogP contribution is -2.47. The van der Waals surface area contributed by atoms with Crippen LogP contribution in [0.2, 0.25) is 0 Å². The molecule has 2 aromatic rings. The summed E-state index contributed by atoms with van der Waals surface area (Å²) in [7, 11) is -1.49. The van der Waals surface area contributed by atoms with Crippen LogP contribution >= 0.6 is 0 Å². The third-order valence-corrected chi connectivity index (χ3v) is 7.41. The molecule has 1 aliphatic heterocycles. The quantitative estimate of drug-likeness (QED) is 0.802. The highest BCUT2D eigenvalue weighted by Gasteiger charge is 2.43. The molecule has 7 nitrogen and oxygen atoms in total. The molecule has 1 saturated heterocycles. The maximum Gasteiger partial charge on any atom is 0.291 e. The highest BCUT2D eigenvalue weighted by Crippen LogP contribution is 2.36. The number of carbonyl (C=O) groups is 1. The number of amides is 1. The molecule has 2 fully saturated rings. The van der Waals surface area contributed by atoms with E-state index in [0.29, 0.717) is 5.69 Å². The lowest BCUT2D eigenvalue weighted by Gasteiger charge is -2.36. The molecule has 1 saturated carbocycles. The second-order valence-corrected chi connectivity index (χ2v) is 9.40. The lowest BCUT2D eigenvalue weighted by atomic mass is 10.1. The van der Waals surface area contributed by atoms with Gasteiger partial charge in [0.05, 0.1) is 11.2 Å². The summed E-state index contributed by atoms with van der Waals surface area (Å²) in [5, 5.41) is 2.71. The van der Waals surface area contributed by atoms with Crippen LogP contribution in [0.4, 0.5) is 5.69 Å². The summed E-state index contributed by atoms with van der Waals surface area (Å²) in [6.45, 7) is 1.84. The highest BCUT2D eigenvalue weighted by molar-refractivity contribution is 7.89. The highest BCUT2D eigenvalue weighted by atomic mass is 32.2. The number of hydrogen-bond acceptors (Lipinski definition) is 5. The van der Waals surface area contributed by atoms with Crippen LogP contribution in [0.3, 0.4) is 0 Å². The maximum atomic E-state index is 13.3. The Kier molecular flexibility index (Phi) is 5.27. The molecule has 0 unspecified atom stereocenters. The van der Waals surface area contributed by atoms with Gasteiger partial charge in [0.2, 0.25) is 10.0 Å². The lowest BCUT2D eigenvalue weighted by molar-refractivity contribution is 0.0996. The van der Waals surface area contributed by atoms with Gasteiger partial charge in [-0.15, -0.1) is 0 Å². The van der Waals surface area contributed by atoms with Crippen molar-refractivity contribution in [2.75, 3.05) is 25.5 Å². The number of anilines is 1. The minimum absolute atomic E-state index is 0.0621. The van der Waals surface area contributed by atoms with E-state index in [2.05, 4.69) is 17.3 Å². The summed E-state index contributed by atoms with van der Waals surface area (Å²) in [6, 6.07) is 9.77. The number of nitrogens with zero attached hydrogens (tertiary/aromatic N) is 2. The Morgan fingerprint density at radius 3 is 2.29 bits per heavy atom. The summed E-state index contributed by atoms with van der Waals surface area (Å²) in [5.74, 6) is -0.162. The Hall–Kier alpha value is -2.16. The summed E-state index contributed by atoms with van der Waals surface area (Å²) in [5.41, 5.74) is 0.526. The van der Waals surface area contributed by atoms with Crippen LogP contribution in [0.15, 0.2) is 52.0 Å². The number of furan rings is 1. The van der Waals surface area contributed by atoms with Gasteiger partial charge >= 0.3 is 0 Å². The first-order chi connectivity index (χ1) is 13.4. The van der Waals surface area contributed by atoms with E-state index in [9.17, 15) is 13.2 Å². The zero-order valence-electron chi connectivity index (χ0n) is 15.9. The molecule has 2 aliphatic rings. The molecular weight excluding hydrogens is 378 g/mol. The maximum absolute atomic E-state index is 13.3. The van der Waals surface area contributed by atoms with Crippen molar-refractivity contribution in [3.8, 4) is 0 Å². The second kappa shape index (κ2) is 7.69. The van der Waals surface area contributed by atoms with Crippen LogP contribution in [-0.2, 0) is 10.0 Å². The van der Waals surface area contributed by atoms with Gasteiger partial charge < -0.3 is 14.6 Å². The van der Waals surface area contributed by atoms with E-state index < -0.39 is 10.0 Å². The normalized spacial score (nSPS) is 19.1. The number of carbonyl (C=O) groups excluding carboxylic acids is 1. The summed E-state index contributed by atoms with van der Waals surface area (Å²) in [6.07, 6.45) is 5.03. The molecule has 8 heteroatoms. The fourth-order valence-corrected chi connectivity index (χ4v) is 5.63. The fraction of sp³-hybridized carbons (Fsp3) is 0.450. The minimum Gasteiger partial charge on any atom is -0.459 e. The van der Waals surface area contributed by atoms with E-state index in [1.165, 1.54) is 6.26 Å². The molecule has 4 rings (SSSR count). The zero-order valence-corrected chi connectivity index (χ0v) is 16.7. The van der Waals surface area contributed by atoms with Gasteiger partial charge in [0.15, 0.2) is 5.76 Å². The van der Waals surface area contributed by atoms with Crippen molar-refractivity contribution < 1.29 is 17.6 Å². The second-order valence-electron chi connectivity index (χ2n) is 7.56. The van der Waals surface area contributed by atoms with Crippen LogP contribution in [0.5, 0.6) is 0 Å². The predicted molar refractivity (Wildman–Crippen MR) is 106 cm³/mol. The Balaban J connectivity index is 1.51. The number of hydrogen-bond donors (Lipinski definition) is 1. The van der Waals surface area contributed by atoms with E-state index in [-0.39, 0.29) is 28.6 Å². The predicted octanol–water partition coefficient (Wildman–Crippen LogP) is 2.78. The Morgan fingerprint density at radius 1 is 1.07 bits per heavy atom. The van der Waals surface area contributed by atoms with E-state index in [1.807, 2.05) is 0 Å². The largest absolute Gasteiger partial charge is 0.459 e. The minimum atomic E-state index is -3.56. The van der Waals surface area contributed by atoms with Gasteiger partial charge in [0, 0.05) is 17.8 Å². The Labute approximate surface area is 165 Å². The standard InChI is InChI=1S/C20H25N3O4S/c1-22-12-10-17(11-13-22)23(16-6-7-16)28(25,26)18-8-4-15(5-9-18)21-20(24)19-3-2-14-27-19/h2-5,8-9,14,16-17H,6-7,10-13H2,1H3,(H,21,24). The molecule has 150 valence electrons. The average molecular weight is 404 g/mol. The van der Waals surface area contributed by atoms with Gasteiger partial charge in [0.25, 0.3) is 5.91 Å². The molecule has 0 atom stereocenters. The van der Waals surface area contributed by atoms with Gasteiger partial charge in [0.1, 0.15) is 0 Å². The number of nitrogens with one attached hydrogen (secondary N) is 1. The van der Waals surface area contributed by atoms with Crippen molar-refractivity contribution in [2.24, 2.45) is 0 Å². The number of benzene rings is 1. The Bertz CT molecular complexity index is 913. The van der Waals surface area contributed by atoms with Gasteiger partial charge in [-0.25, -0.2) is 8.42 Å². The molecule has 1 aliphatic carbocycles. The molecule has 28 heavy (non-hydrogen) atoms. The molecule has 0 radical (unpaired) electrons. The van der Waals surface area contributed by atoms with Crippen molar-refractivity contribution >= 4 is 21.6 Å². The van der Waals surface area contributed by atoms with E-state index in [4.69, 9.17) is 4.42 Å². The summed E-state index contributed by atoms with van der Waals surface area (Å²) < 4.78 is 33.5. The summed E-state index contributed by atoms with van der Waals surface area (Å²) >= 11 is 0. The van der Waals surface area contributed by atoms with Crippen molar-refractivity contribution in [1.29, 1.82) is 0 Å². The number of rotatable bonds is 6. The molecule has 1 amide bonds. The first kappa shape index (κ1) is 19.2. The first-order valence-corrected chi connectivity index (χ1v) is 11.1. The SMILES string of the molecule is CN1CCC(N(C2CC2)S(=O)(=O)c2ccc(NC(=O)c3ccco3)cc2)CC1. The molecule has 1 aromatic carbocycles. The molecule has 1 N–H and O–H groups in total. The third kappa shape index (κ3) is 3.99. The van der Waals surface area contributed by atoms with Crippen molar-refractivity contribution in [1.82, 2.24) is 9.21 Å². The average Bonchev–Trinajstić information content (AvgIpc) is 3.34. The van der Waals surface area contributed by atoms with Crippen molar-refractivity contribution in [3.05, 3.63) is 48.4 Å². The third-order valence-electron chi connectivity index (χ3n) is 5.39. The molecule has 1 aromatic heterocycles. The van der Waals surface area contributed by atoms with Crippen molar-refractivity contribution in [3.63, 3.8) is 0 Å². The van der Waals surface area contributed by atoms with E-state index >= 15 is 0 Å². The van der Waals surface area contributed by atoms with E-state index in [0.717, 1.165) is 38.8 Å². The Morgan fingerprint density at radius 2 is 1.71 bits per heavy atom. The smallest absolute Gasteiger partial charge is 0.291 e. The monoisotopic (exact) mass is 403 g/mol. The molecular formula is C20H25N3O4S. The van der Waals surface area contributed by atoms with E-state index in [1.54, 1.807) is 40.7 Å². The van der Waals surface area contributed by atoms with Crippen LogP contribution in [0.1, 0.15) is 36.2 Å². The first-order valence-electron chi connectivity index (χ1n) is 9.62. The topological polar surface area (TPSA) is 82.9 Å². The van der Waals surface area contributed by atoms with Gasteiger partial charge in [-0.2, -0.15) is 4.31 Å². The molecule has 0 spiro atoms. The van der Waals surface area contributed by atoms with Crippen molar-refractivity contribution in [2.45, 2.75) is 42.7 Å². The molecule has 0 bridgehead atoms. The fourth-order valence-electron chi connectivity index (χ4n) is 3.70.